The Balaban J connectivity index is 2.40. The van der Waals surface area contributed by atoms with Crippen molar-refractivity contribution < 1.29 is 14.0 Å². The average molecular weight is 409 g/mol. The number of carbonyl (C=O) groups excluding carboxylic acids is 1. The van der Waals surface area contributed by atoms with Gasteiger partial charge in [-0.25, -0.2) is 0 Å². The van der Waals surface area contributed by atoms with Gasteiger partial charge in [0.25, 0.3) is 8.32 Å². The van der Waals surface area contributed by atoms with Gasteiger partial charge < -0.3 is 9.16 Å². The van der Waals surface area contributed by atoms with Gasteiger partial charge >= 0.3 is 5.97 Å². The van der Waals surface area contributed by atoms with E-state index in [1.54, 1.807) is 0 Å². The Kier molecular flexibility index (Phi) is 6.53. The molecule has 27 heavy (non-hydrogen) atoms. The number of esters is 1. The molecule has 1 fully saturated rings. The molecule has 0 unspecified atom stereocenters. The molecule has 1 saturated carbocycles. The van der Waals surface area contributed by atoms with Gasteiger partial charge in [0.2, 0.25) is 0 Å². The number of methoxy groups -OCH3 is 1. The molecule has 0 aliphatic heterocycles. The molecule has 2 atom stereocenters. The minimum Gasteiger partial charge on any atom is -0.545 e. The second-order valence-electron chi connectivity index (χ2n) is 8.61. The highest BCUT2D eigenvalue weighted by atomic mass is 35.5. The number of rotatable bonds is 8. The van der Waals surface area contributed by atoms with Crippen LogP contribution in [-0.4, -0.2) is 21.4 Å². The average Bonchev–Trinajstić information content (AvgIpc) is 3.35. The third-order valence-corrected chi connectivity index (χ3v) is 12.6. The first-order chi connectivity index (χ1) is 12.5. The molecule has 0 spiro atoms. The first-order valence-electron chi connectivity index (χ1n) is 9.76. The van der Waals surface area contributed by atoms with E-state index in [1.165, 1.54) is 7.11 Å². The lowest BCUT2D eigenvalue weighted by molar-refractivity contribution is -0.146. The topological polar surface area (TPSA) is 35.5 Å². The minimum absolute atomic E-state index is 0.0212. The van der Waals surface area contributed by atoms with E-state index in [9.17, 15) is 4.79 Å². The van der Waals surface area contributed by atoms with E-state index < -0.39 is 13.7 Å². The summed E-state index contributed by atoms with van der Waals surface area (Å²) in [6.07, 6.45) is 0.666. The van der Waals surface area contributed by atoms with E-state index >= 15 is 0 Å². The van der Waals surface area contributed by atoms with Crippen LogP contribution in [0.4, 0.5) is 0 Å². The minimum atomic E-state index is -2.19. The zero-order valence-corrected chi connectivity index (χ0v) is 19.4. The maximum atomic E-state index is 12.8. The fourth-order valence-corrected chi connectivity index (χ4v) is 10.3. The first kappa shape index (κ1) is 22.0. The molecule has 150 valence electrons. The molecule has 2 rings (SSSR count). The van der Waals surface area contributed by atoms with Gasteiger partial charge in [0.1, 0.15) is 5.41 Å². The van der Waals surface area contributed by atoms with Gasteiger partial charge in [-0.05, 0) is 40.7 Å². The normalized spacial score (nSPS) is 22.3. The van der Waals surface area contributed by atoms with Crippen LogP contribution in [0.5, 0.6) is 0 Å². The summed E-state index contributed by atoms with van der Waals surface area (Å²) in [5, 5.41) is 0.684. The number of halogens is 1. The second kappa shape index (κ2) is 8.00. The molecule has 0 heterocycles. The van der Waals surface area contributed by atoms with Crippen LogP contribution < -0.4 is 0 Å². The van der Waals surface area contributed by atoms with Crippen molar-refractivity contribution in [3.63, 3.8) is 0 Å². The first-order valence-corrected chi connectivity index (χ1v) is 12.3. The Morgan fingerprint density at radius 2 is 1.59 bits per heavy atom. The molecule has 1 aromatic rings. The summed E-state index contributed by atoms with van der Waals surface area (Å²) in [5.41, 5.74) is 1.52. The highest BCUT2D eigenvalue weighted by Crippen LogP contribution is 2.65. The van der Waals surface area contributed by atoms with E-state index in [0.717, 1.165) is 5.56 Å². The molecule has 1 aliphatic rings. The van der Waals surface area contributed by atoms with Crippen LogP contribution in [-0.2, 0) is 14.0 Å². The number of benzene rings is 1. The summed E-state index contributed by atoms with van der Waals surface area (Å²) in [4.78, 5) is 12.8. The van der Waals surface area contributed by atoms with Crippen LogP contribution >= 0.6 is 11.6 Å². The molecule has 1 aliphatic carbocycles. The smallest absolute Gasteiger partial charge is 0.320 e. The van der Waals surface area contributed by atoms with Crippen molar-refractivity contribution in [1.82, 2.24) is 0 Å². The Labute approximate surface area is 170 Å². The molecule has 5 heteroatoms. The van der Waals surface area contributed by atoms with Crippen LogP contribution in [0.15, 0.2) is 36.6 Å². The maximum absolute atomic E-state index is 12.8. The van der Waals surface area contributed by atoms with Crippen LogP contribution in [0.3, 0.4) is 0 Å². The highest BCUT2D eigenvalue weighted by Gasteiger charge is 2.66. The van der Waals surface area contributed by atoms with Crippen molar-refractivity contribution in [1.29, 1.82) is 0 Å². The molecule has 0 amide bonds. The molecule has 0 bridgehead atoms. The SMILES string of the molecule is C=C(O[Si](C(C)C)(C(C)C)C(C)C)[C@@]1(C(=O)OC)C[C@H]1c1ccc(Cl)cc1. The third kappa shape index (κ3) is 3.71. The zero-order valence-electron chi connectivity index (χ0n) is 17.6. The number of ether oxygens (including phenoxy) is 1. The second-order valence-corrected chi connectivity index (χ2v) is 14.4. The van der Waals surface area contributed by atoms with Crippen molar-refractivity contribution >= 4 is 25.9 Å². The molecule has 0 aromatic heterocycles. The number of hydrogen-bond donors (Lipinski definition) is 0. The van der Waals surface area contributed by atoms with Gasteiger partial charge in [-0.2, -0.15) is 0 Å². The summed E-state index contributed by atoms with van der Waals surface area (Å²) in [7, 11) is -0.750. The number of hydrogen-bond acceptors (Lipinski definition) is 3. The molecule has 0 N–H and O–H groups in total. The van der Waals surface area contributed by atoms with Gasteiger partial charge in [0.15, 0.2) is 0 Å². The molecule has 1 aromatic carbocycles. The van der Waals surface area contributed by atoms with Crippen molar-refractivity contribution in [3.05, 3.63) is 47.2 Å². The van der Waals surface area contributed by atoms with Gasteiger partial charge in [-0.15, -0.1) is 0 Å². The number of carbonyl (C=O) groups is 1. The molecular formula is C22H33ClO3Si. The fourth-order valence-electron chi connectivity index (χ4n) is 4.85. The lowest BCUT2D eigenvalue weighted by Crippen LogP contribution is -2.48. The largest absolute Gasteiger partial charge is 0.545 e. The van der Waals surface area contributed by atoms with Gasteiger partial charge in [-0.1, -0.05) is 71.9 Å². The van der Waals surface area contributed by atoms with Crippen LogP contribution in [0.1, 0.15) is 59.4 Å². The van der Waals surface area contributed by atoms with Crippen LogP contribution in [0, 0.1) is 5.41 Å². The molecular weight excluding hydrogens is 376 g/mol. The van der Waals surface area contributed by atoms with Gasteiger partial charge in [-0.3, -0.25) is 4.79 Å². The summed E-state index contributed by atoms with van der Waals surface area (Å²) in [6, 6.07) is 7.67. The Morgan fingerprint density at radius 1 is 1.11 bits per heavy atom. The standard InChI is InChI=1S/C22H33ClO3Si/c1-14(2)27(15(3)4,16(5)6)26-17(7)22(21(24)25-8)13-20(22)18-9-11-19(23)12-10-18/h9-12,14-16,20H,7,13H2,1-6,8H3/t20-,22-/m0/s1. The Hall–Kier alpha value is -1.26. The highest BCUT2D eigenvalue weighted by molar-refractivity contribution is 6.77. The van der Waals surface area contributed by atoms with Gasteiger partial charge in [0, 0.05) is 10.9 Å². The predicted molar refractivity (Wildman–Crippen MR) is 115 cm³/mol. The van der Waals surface area contributed by atoms with Crippen molar-refractivity contribution in [2.75, 3.05) is 7.11 Å². The summed E-state index contributed by atoms with van der Waals surface area (Å²) in [5.74, 6) is 0.344. The lowest BCUT2D eigenvalue weighted by Gasteiger charge is -2.43. The van der Waals surface area contributed by atoms with Crippen LogP contribution in [0.2, 0.25) is 21.6 Å². The van der Waals surface area contributed by atoms with E-state index in [-0.39, 0.29) is 11.9 Å². The van der Waals surface area contributed by atoms with Crippen molar-refractivity contribution in [2.24, 2.45) is 5.41 Å². The fraction of sp³-hybridized carbons (Fsp3) is 0.591. The van der Waals surface area contributed by atoms with E-state index in [4.69, 9.17) is 20.8 Å². The monoisotopic (exact) mass is 408 g/mol. The quantitative estimate of drug-likeness (QED) is 0.273. The van der Waals surface area contributed by atoms with E-state index in [0.29, 0.717) is 33.8 Å². The van der Waals surface area contributed by atoms with Crippen molar-refractivity contribution in [2.45, 2.75) is 70.5 Å². The Bertz CT molecular complexity index is 674. The third-order valence-electron chi connectivity index (χ3n) is 6.29. The molecule has 0 radical (unpaired) electrons. The molecule has 0 saturated heterocycles. The summed E-state index contributed by atoms with van der Waals surface area (Å²) in [6.45, 7) is 17.6. The summed E-state index contributed by atoms with van der Waals surface area (Å²) < 4.78 is 11.9. The Morgan fingerprint density at radius 3 is 2.00 bits per heavy atom. The molecule has 3 nitrogen and oxygen atoms in total. The van der Waals surface area contributed by atoms with E-state index in [1.807, 2.05) is 24.3 Å². The lowest BCUT2D eigenvalue weighted by atomic mass is 9.97. The maximum Gasteiger partial charge on any atom is 0.320 e. The van der Waals surface area contributed by atoms with Crippen molar-refractivity contribution in [3.8, 4) is 0 Å². The summed E-state index contributed by atoms with van der Waals surface area (Å²) >= 11 is 6.02. The predicted octanol–water partition coefficient (Wildman–Crippen LogP) is 6.69. The zero-order chi connectivity index (χ0) is 20.6. The van der Waals surface area contributed by atoms with Gasteiger partial charge in [0.05, 0.1) is 12.9 Å². The van der Waals surface area contributed by atoms with E-state index in [2.05, 4.69) is 48.1 Å². The van der Waals surface area contributed by atoms with Crippen LogP contribution in [0.25, 0.3) is 0 Å².